The quantitative estimate of drug-likeness (QED) is 0.257. The number of pyridine rings is 1. The van der Waals surface area contributed by atoms with Gasteiger partial charge in [0, 0.05) is 10.9 Å². The molecule has 164 valence electrons. The van der Waals surface area contributed by atoms with E-state index in [1.54, 1.807) is 18.2 Å². The third-order valence-electron chi connectivity index (χ3n) is 5.93. The average molecular weight is 446 g/mol. The minimum absolute atomic E-state index is 0.105. The average Bonchev–Trinajstić information content (AvgIpc) is 3.28. The highest BCUT2D eigenvalue weighted by molar-refractivity contribution is 6.06. The summed E-state index contributed by atoms with van der Waals surface area (Å²) in [4.78, 5) is 30.4. The molecule has 34 heavy (non-hydrogen) atoms. The third kappa shape index (κ3) is 3.00. The number of carbonyl (C=O) groups excluding carboxylic acids is 1. The van der Waals surface area contributed by atoms with Crippen molar-refractivity contribution < 1.29 is 14.3 Å². The van der Waals surface area contributed by atoms with E-state index >= 15 is 0 Å². The lowest BCUT2D eigenvalue weighted by atomic mass is 10.1. The fourth-order valence-electron chi connectivity index (χ4n) is 4.36. The number of nitrogens with zero attached hydrogens (tertiary/aromatic N) is 2. The van der Waals surface area contributed by atoms with Crippen LogP contribution in [-0.4, -0.2) is 22.5 Å². The number of rotatable bonds is 4. The molecule has 4 aromatic carbocycles. The third-order valence-corrected chi connectivity index (χ3v) is 5.93. The molecule has 0 radical (unpaired) electrons. The second-order valence-corrected chi connectivity index (χ2v) is 7.91. The Bertz CT molecular complexity index is 1740. The monoisotopic (exact) mass is 446 g/mol. The summed E-state index contributed by atoms with van der Waals surface area (Å²) in [6.07, 6.45) is 0. The number of carbonyl (C=O) groups is 1. The van der Waals surface area contributed by atoms with Gasteiger partial charge >= 0.3 is 5.97 Å². The largest absolute Gasteiger partial charge is 0.465 e. The molecule has 2 heterocycles. The molecule has 6 nitrogen and oxygen atoms in total. The van der Waals surface area contributed by atoms with E-state index in [4.69, 9.17) is 14.5 Å². The first-order valence-corrected chi connectivity index (χ1v) is 10.8. The van der Waals surface area contributed by atoms with Gasteiger partial charge in [-0.15, -0.1) is 0 Å². The Labute approximate surface area is 194 Å². The number of para-hydroxylation sites is 2. The van der Waals surface area contributed by atoms with Crippen LogP contribution in [-0.2, 0) is 4.74 Å². The highest BCUT2D eigenvalue weighted by Gasteiger charge is 2.21. The minimum Gasteiger partial charge on any atom is -0.465 e. The van der Waals surface area contributed by atoms with Gasteiger partial charge in [-0.1, -0.05) is 42.5 Å². The Morgan fingerprint density at radius 1 is 0.853 bits per heavy atom. The molecule has 6 heteroatoms. The zero-order valence-electron chi connectivity index (χ0n) is 18.2. The van der Waals surface area contributed by atoms with Crippen LogP contribution in [0.4, 0.5) is 0 Å². The Morgan fingerprint density at radius 2 is 1.59 bits per heavy atom. The van der Waals surface area contributed by atoms with Crippen LogP contribution in [0.15, 0.2) is 95.8 Å². The topological polar surface area (TPSA) is 69.9 Å². The molecule has 0 unspecified atom stereocenters. The SMILES string of the molecule is COC(=O)c1ccc(-c2nc3ccc(Oc4ccccc4)c4c(=O)c5ccccc5n2c34)cc1. The predicted octanol–water partition coefficient (Wildman–Crippen LogP) is 5.68. The van der Waals surface area contributed by atoms with Crippen LogP contribution >= 0.6 is 0 Å². The molecular weight excluding hydrogens is 428 g/mol. The van der Waals surface area contributed by atoms with Crippen LogP contribution in [0.1, 0.15) is 10.4 Å². The molecule has 0 saturated heterocycles. The van der Waals surface area contributed by atoms with Crippen molar-refractivity contribution in [1.29, 1.82) is 0 Å². The van der Waals surface area contributed by atoms with Gasteiger partial charge in [-0.2, -0.15) is 0 Å². The smallest absolute Gasteiger partial charge is 0.337 e. The van der Waals surface area contributed by atoms with Crippen LogP contribution in [0.25, 0.3) is 38.7 Å². The standard InChI is InChI=1S/C28H18N2O4/c1-33-28(32)18-13-11-17(12-14-18)27-29-21-15-16-23(34-19-7-3-2-4-8-19)24-25(21)30(27)22-10-6-5-9-20(22)26(24)31/h2-16H,1H3. The second-order valence-electron chi connectivity index (χ2n) is 7.91. The van der Waals surface area contributed by atoms with Gasteiger partial charge in [-0.3, -0.25) is 9.20 Å². The van der Waals surface area contributed by atoms with E-state index in [0.29, 0.717) is 44.7 Å². The van der Waals surface area contributed by atoms with Crippen molar-refractivity contribution in [2.75, 3.05) is 7.11 Å². The molecule has 6 aromatic rings. The highest BCUT2D eigenvalue weighted by atomic mass is 16.5. The number of ether oxygens (including phenoxy) is 2. The molecule has 0 atom stereocenters. The van der Waals surface area contributed by atoms with Gasteiger partial charge in [0.1, 0.15) is 17.3 Å². The summed E-state index contributed by atoms with van der Waals surface area (Å²) in [5.41, 5.74) is 3.30. The fourth-order valence-corrected chi connectivity index (χ4v) is 4.36. The van der Waals surface area contributed by atoms with Crippen LogP contribution in [0.2, 0.25) is 0 Å². The molecule has 0 N–H and O–H groups in total. The first-order chi connectivity index (χ1) is 16.7. The zero-order chi connectivity index (χ0) is 23.2. The number of imidazole rings is 1. The van der Waals surface area contributed by atoms with E-state index in [1.165, 1.54) is 7.11 Å². The van der Waals surface area contributed by atoms with Gasteiger partial charge in [-0.05, 0) is 48.5 Å². The molecule has 0 aliphatic rings. The Morgan fingerprint density at radius 3 is 2.35 bits per heavy atom. The Hall–Kier alpha value is -4.71. The fraction of sp³-hybridized carbons (Fsp3) is 0.0357. The molecule has 6 rings (SSSR count). The number of benzene rings is 4. The van der Waals surface area contributed by atoms with Crippen LogP contribution in [0, 0.1) is 0 Å². The maximum atomic E-state index is 13.6. The van der Waals surface area contributed by atoms with Gasteiger partial charge in [0.05, 0.1) is 34.6 Å². The molecule has 0 amide bonds. The summed E-state index contributed by atoms with van der Waals surface area (Å²) < 4.78 is 12.9. The van der Waals surface area contributed by atoms with E-state index in [1.807, 2.05) is 77.2 Å². The lowest BCUT2D eigenvalue weighted by Crippen LogP contribution is -2.08. The number of hydrogen-bond donors (Lipinski definition) is 0. The van der Waals surface area contributed by atoms with Crippen molar-refractivity contribution >= 4 is 33.3 Å². The maximum absolute atomic E-state index is 13.6. The van der Waals surface area contributed by atoms with Gasteiger partial charge < -0.3 is 9.47 Å². The van der Waals surface area contributed by atoms with Crippen molar-refractivity contribution in [3.8, 4) is 22.9 Å². The second kappa shape index (κ2) is 7.71. The van der Waals surface area contributed by atoms with Crippen molar-refractivity contribution in [3.63, 3.8) is 0 Å². The number of aromatic nitrogens is 2. The van der Waals surface area contributed by atoms with Crippen molar-refractivity contribution in [1.82, 2.24) is 9.38 Å². The highest BCUT2D eigenvalue weighted by Crippen LogP contribution is 2.36. The van der Waals surface area contributed by atoms with E-state index in [9.17, 15) is 9.59 Å². The van der Waals surface area contributed by atoms with Gasteiger partial charge in [0.15, 0.2) is 0 Å². The number of methoxy groups -OCH3 is 1. The predicted molar refractivity (Wildman–Crippen MR) is 131 cm³/mol. The number of esters is 1. The van der Waals surface area contributed by atoms with Crippen LogP contribution in [0.5, 0.6) is 11.5 Å². The van der Waals surface area contributed by atoms with E-state index in [0.717, 1.165) is 11.1 Å². The first-order valence-electron chi connectivity index (χ1n) is 10.8. The molecule has 0 fully saturated rings. The summed E-state index contributed by atoms with van der Waals surface area (Å²) in [5.74, 6) is 1.40. The summed E-state index contributed by atoms with van der Waals surface area (Å²) in [7, 11) is 1.35. The number of hydrogen-bond acceptors (Lipinski definition) is 5. The molecule has 0 saturated carbocycles. The number of fused-ring (bicyclic) bond motifs is 2. The molecule has 0 aliphatic heterocycles. The van der Waals surface area contributed by atoms with Gasteiger partial charge in [0.2, 0.25) is 5.43 Å². The van der Waals surface area contributed by atoms with E-state index < -0.39 is 5.97 Å². The van der Waals surface area contributed by atoms with Crippen LogP contribution in [0.3, 0.4) is 0 Å². The molecular formula is C28H18N2O4. The lowest BCUT2D eigenvalue weighted by Gasteiger charge is -2.12. The Kier molecular flexibility index (Phi) is 4.52. The first kappa shape index (κ1) is 19.9. The molecule has 0 bridgehead atoms. The Balaban J connectivity index is 1.66. The van der Waals surface area contributed by atoms with Crippen molar-refractivity contribution in [2.24, 2.45) is 0 Å². The molecule has 0 spiro atoms. The van der Waals surface area contributed by atoms with Crippen LogP contribution < -0.4 is 10.2 Å². The summed E-state index contributed by atoms with van der Waals surface area (Å²) in [6.45, 7) is 0. The maximum Gasteiger partial charge on any atom is 0.337 e. The zero-order valence-corrected chi connectivity index (χ0v) is 18.2. The van der Waals surface area contributed by atoms with E-state index in [2.05, 4.69) is 0 Å². The summed E-state index contributed by atoms with van der Waals surface area (Å²) >= 11 is 0. The normalized spacial score (nSPS) is 11.3. The van der Waals surface area contributed by atoms with Gasteiger partial charge in [0.25, 0.3) is 0 Å². The summed E-state index contributed by atoms with van der Waals surface area (Å²) in [5, 5.41) is 1.05. The molecule has 0 aliphatic carbocycles. The van der Waals surface area contributed by atoms with E-state index in [-0.39, 0.29) is 5.43 Å². The van der Waals surface area contributed by atoms with Gasteiger partial charge in [-0.25, -0.2) is 9.78 Å². The molecule has 2 aromatic heterocycles. The minimum atomic E-state index is -0.401. The lowest BCUT2D eigenvalue weighted by molar-refractivity contribution is 0.0600. The summed E-state index contributed by atoms with van der Waals surface area (Å²) in [6, 6.07) is 27.6. The van der Waals surface area contributed by atoms with Crippen molar-refractivity contribution in [3.05, 3.63) is 107 Å². The van der Waals surface area contributed by atoms with Crippen molar-refractivity contribution in [2.45, 2.75) is 0 Å².